The first kappa shape index (κ1) is 12.5. The first-order chi connectivity index (χ1) is 8.26. The average molecular weight is 250 g/mol. The minimum atomic E-state index is 0.157. The SMILES string of the molecule is CC1(C)C(C(=O)N2CC3CCC(N)C3C2)C1(C)C. The Kier molecular flexibility index (Phi) is 2.42. The van der Waals surface area contributed by atoms with Crippen molar-refractivity contribution < 1.29 is 4.79 Å². The number of hydrogen-bond acceptors (Lipinski definition) is 2. The molecule has 1 heterocycles. The van der Waals surface area contributed by atoms with E-state index in [2.05, 4.69) is 32.6 Å². The summed E-state index contributed by atoms with van der Waals surface area (Å²) in [7, 11) is 0. The minimum Gasteiger partial charge on any atom is -0.342 e. The summed E-state index contributed by atoms with van der Waals surface area (Å²) in [5, 5.41) is 0. The molecular weight excluding hydrogens is 224 g/mol. The summed E-state index contributed by atoms with van der Waals surface area (Å²) in [5.41, 5.74) is 6.46. The third kappa shape index (κ3) is 1.43. The van der Waals surface area contributed by atoms with Gasteiger partial charge in [0.1, 0.15) is 0 Å². The molecule has 3 atom stereocenters. The summed E-state index contributed by atoms with van der Waals surface area (Å²) in [5.74, 6) is 1.83. The Labute approximate surface area is 110 Å². The normalized spacial score (nSPS) is 40.9. The van der Waals surface area contributed by atoms with Crippen molar-refractivity contribution >= 4 is 5.91 Å². The Morgan fingerprint density at radius 2 is 1.72 bits per heavy atom. The van der Waals surface area contributed by atoms with Crippen LogP contribution < -0.4 is 5.73 Å². The van der Waals surface area contributed by atoms with Crippen LogP contribution in [0.4, 0.5) is 0 Å². The van der Waals surface area contributed by atoms with Crippen LogP contribution in [0.15, 0.2) is 0 Å². The van der Waals surface area contributed by atoms with E-state index in [4.69, 9.17) is 5.73 Å². The van der Waals surface area contributed by atoms with E-state index in [0.717, 1.165) is 19.5 Å². The van der Waals surface area contributed by atoms with Gasteiger partial charge in [-0.1, -0.05) is 27.7 Å². The number of nitrogens with zero attached hydrogens (tertiary/aromatic N) is 1. The fourth-order valence-electron chi connectivity index (χ4n) is 4.48. The number of nitrogens with two attached hydrogens (primary N) is 1. The zero-order valence-corrected chi connectivity index (χ0v) is 12.1. The van der Waals surface area contributed by atoms with E-state index in [1.807, 2.05) is 0 Å². The highest BCUT2D eigenvalue weighted by Crippen LogP contribution is 2.69. The van der Waals surface area contributed by atoms with E-state index < -0.39 is 0 Å². The van der Waals surface area contributed by atoms with Crippen molar-refractivity contribution in [2.24, 2.45) is 34.3 Å². The molecular formula is C15H26N2O. The van der Waals surface area contributed by atoms with Crippen molar-refractivity contribution in [1.29, 1.82) is 0 Å². The number of likely N-dealkylation sites (tertiary alicyclic amines) is 1. The highest BCUT2D eigenvalue weighted by atomic mass is 16.2. The summed E-state index contributed by atoms with van der Waals surface area (Å²) < 4.78 is 0. The molecule has 2 aliphatic carbocycles. The van der Waals surface area contributed by atoms with Crippen LogP contribution in [-0.4, -0.2) is 29.9 Å². The highest BCUT2D eigenvalue weighted by Gasteiger charge is 2.69. The van der Waals surface area contributed by atoms with Gasteiger partial charge in [0.2, 0.25) is 5.91 Å². The van der Waals surface area contributed by atoms with E-state index in [0.29, 0.717) is 23.8 Å². The van der Waals surface area contributed by atoms with Crippen LogP contribution in [0.2, 0.25) is 0 Å². The lowest BCUT2D eigenvalue weighted by Gasteiger charge is -2.20. The van der Waals surface area contributed by atoms with Gasteiger partial charge >= 0.3 is 0 Å². The number of carbonyl (C=O) groups excluding carboxylic acids is 1. The molecule has 3 unspecified atom stereocenters. The molecule has 2 N–H and O–H groups in total. The van der Waals surface area contributed by atoms with Gasteiger partial charge in [-0.25, -0.2) is 0 Å². The number of carbonyl (C=O) groups is 1. The molecule has 0 aromatic carbocycles. The van der Waals surface area contributed by atoms with Crippen LogP contribution in [0, 0.1) is 28.6 Å². The predicted molar refractivity (Wildman–Crippen MR) is 71.8 cm³/mol. The van der Waals surface area contributed by atoms with Gasteiger partial charge in [0.05, 0.1) is 0 Å². The fourth-order valence-corrected chi connectivity index (χ4v) is 4.48. The third-order valence-corrected chi connectivity index (χ3v) is 6.49. The Balaban J connectivity index is 1.70. The van der Waals surface area contributed by atoms with E-state index >= 15 is 0 Å². The van der Waals surface area contributed by atoms with E-state index in [1.165, 1.54) is 6.42 Å². The standard InChI is InChI=1S/C15H26N2O/c1-14(2)12(15(14,3)4)13(18)17-7-9-5-6-11(16)10(9)8-17/h9-12H,5-8,16H2,1-4H3. The van der Waals surface area contributed by atoms with Crippen LogP contribution in [0.3, 0.4) is 0 Å². The molecule has 1 aliphatic heterocycles. The lowest BCUT2D eigenvalue weighted by molar-refractivity contribution is -0.133. The van der Waals surface area contributed by atoms with E-state index in [1.54, 1.807) is 0 Å². The molecule has 0 aromatic rings. The maximum Gasteiger partial charge on any atom is 0.226 e. The molecule has 18 heavy (non-hydrogen) atoms. The zero-order valence-electron chi connectivity index (χ0n) is 12.1. The third-order valence-electron chi connectivity index (χ3n) is 6.49. The molecule has 3 fully saturated rings. The maximum atomic E-state index is 12.7. The quantitative estimate of drug-likeness (QED) is 0.772. The second kappa shape index (κ2) is 3.50. The molecule has 3 heteroatoms. The molecule has 0 radical (unpaired) electrons. The summed E-state index contributed by atoms with van der Waals surface area (Å²) >= 11 is 0. The van der Waals surface area contributed by atoms with Crippen molar-refractivity contribution in [1.82, 2.24) is 4.90 Å². The van der Waals surface area contributed by atoms with E-state index in [-0.39, 0.29) is 16.7 Å². The van der Waals surface area contributed by atoms with Crippen molar-refractivity contribution in [3.05, 3.63) is 0 Å². The van der Waals surface area contributed by atoms with Gasteiger partial charge in [0, 0.05) is 25.0 Å². The van der Waals surface area contributed by atoms with Crippen molar-refractivity contribution in [3.63, 3.8) is 0 Å². The molecule has 3 aliphatic rings. The Morgan fingerprint density at radius 1 is 1.11 bits per heavy atom. The van der Waals surface area contributed by atoms with Crippen molar-refractivity contribution in [2.45, 2.75) is 46.6 Å². The number of hydrogen-bond donors (Lipinski definition) is 1. The second-order valence-corrected chi connectivity index (χ2v) is 7.78. The molecule has 3 nitrogen and oxygen atoms in total. The first-order valence-electron chi connectivity index (χ1n) is 7.31. The summed E-state index contributed by atoms with van der Waals surface area (Å²) in [4.78, 5) is 14.8. The van der Waals surface area contributed by atoms with Gasteiger partial charge in [0.25, 0.3) is 0 Å². The van der Waals surface area contributed by atoms with Gasteiger partial charge in [-0.15, -0.1) is 0 Å². The molecule has 0 aromatic heterocycles. The topological polar surface area (TPSA) is 46.3 Å². The summed E-state index contributed by atoms with van der Waals surface area (Å²) in [6, 6.07) is 0.327. The van der Waals surface area contributed by atoms with Gasteiger partial charge < -0.3 is 10.6 Å². The van der Waals surface area contributed by atoms with Gasteiger partial charge in [0.15, 0.2) is 0 Å². The van der Waals surface area contributed by atoms with Gasteiger partial charge in [-0.3, -0.25) is 4.79 Å². The molecule has 3 rings (SSSR count). The lowest BCUT2D eigenvalue weighted by Crippen LogP contribution is -2.35. The number of fused-ring (bicyclic) bond motifs is 1. The molecule has 0 bridgehead atoms. The molecule has 2 saturated carbocycles. The summed E-state index contributed by atoms with van der Waals surface area (Å²) in [6.07, 6.45) is 2.37. The highest BCUT2D eigenvalue weighted by molar-refractivity contribution is 5.84. The Hall–Kier alpha value is -0.570. The average Bonchev–Trinajstić information content (AvgIpc) is 2.67. The number of amides is 1. The molecule has 102 valence electrons. The second-order valence-electron chi connectivity index (χ2n) is 7.78. The van der Waals surface area contributed by atoms with Crippen LogP contribution in [-0.2, 0) is 4.79 Å². The van der Waals surface area contributed by atoms with Gasteiger partial charge in [-0.05, 0) is 35.5 Å². The maximum absolute atomic E-state index is 12.7. The summed E-state index contributed by atoms with van der Waals surface area (Å²) in [6.45, 7) is 10.8. The van der Waals surface area contributed by atoms with Crippen molar-refractivity contribution in [3.8, 4) is 0 Å². The van der Waals surface area contributed by atoms with Crippen LogP contribution in [0.5, 0.6) is 0 Å². The molecule has 1 amide bonds. The minimum absolute atomic E-state index is 0.157. The smallest absolute Gasteiger partial charge is 0.226 e. The van der Waals surface area contributed by atoms with E-state index in [9.17, 15) is 4.79 Å². The van der Waals surface area contributed by atoms with Crippen LogP contribution in [0.1, 0.15) is 40.5 Å². The Morgan fingerprint density at radius 3 is 2.22 bits per heavy atom. The monoisotopic (exact) mass is 250 g/mol. The molecule has 1 saturated heterocycles. The predicted octanol–water partition coefficient (Wildman–Crippen LogP) is 1.86. The van der Waals surface area contributed by atoms with Crippen molar-refractivity contribution in [2.75, 3.05) is 13.1 Å². The first-order valence-corrected chi connectivity index (χ1v) is 7.31. The lowest BCUT2D eigenvalue weighted by atomic mass is 9.98. The van der Waals surface area contributed by atoms with Gasteiger partial charge in [-0.2, -0.15) is 0 Å². The number of rotatable bonds is 1. The Bertz CT molecular complexity index is 374. The zero-order chi connectivity index (χ0) is 13.3. The van der Waals surface area contributed by atoms with Crippen LogP contribution >= 0.6 is 0 Å². The van der Waals surface area contributed by atoms with Crippen LogP contribution in [0.25, 0.3) is 0 Å². The molecule has 0 spiro atoms. The largest absolute Gasteiger partial charge is 0.342 e. The fraction of sp³-hybridized carbons (Fsp3) is 0.933.